The van der Waals surface area contributed by atoms with Crippen LogP contribution in [0.15, 0.2) is 60.7 Å². The van der Waals surface area contributed by atoms with E-state index >= 15 is 0 Å². The van der Waals surface area contributed by atoms with Gasteiger partial charge in [-0.05, 0) is 24.0 Å². The minimum absolute atomic E-state index is 0.0816. The normalized spacial score (nSPS) is 12.4. The van der Waals surface area contributed by atoms with Crippen LogP contribution in [0.4, 0.5) is 0 Å². The molecule has 0 heterocycles. The van der Waals surface area contributed by atoms with Gasteiger partial charge in [0.1, 0.15) is 12.1 Å². The molecule has 170 valence electrons. The van der Waals surface area contributed by atoms with Gasteiger partial charge in [-0.3, -0.25) is 9.59 Å². The highest BCUT2D eigenvalue weighted by molar-refractivity contribution is 5.84. The molecule has 0 aliphatic carbocycles. The quantitative estimate of drug-likeness (QED) is 0.353. The van der Waals surface area contributed by atoms with Gasteiger partial charge in [-0.15, -0.1) is 0 Å². The Kier molecular flexibility index (Phi) is 9.90. The lowest BCUT2D eigenvalue weighted by Crippen LogP contribution is -2.42. The number of nitrogens with one attached hydrogen (secondary N) is 2. The zero-order valence-electron chi connectivity index (χ0n) is 17.7. The zero-order chi connectivity index (χ0) is 23.3. The average Bonchev–Trinajstić information content (AvgIpc) is 2.77. The predicted molar refractivity (Wildman–Crippen MR) is 118 cm³/mol. The van der Waals surface area contributed by atoms with Gasteiger partial charge in [0, 0.05) is 25.7 Å². The Bertz CT molecular complexity index is 826. The van der Waals surface area contributed by atoms with Crippen molar-refractivity contribution in [3.8, 4) is 0 Å². The molecule has 0 unspecified atom stereocenters. The highest BCUT2D eigenvalue weighted by Gasteiger charge is 2.21. The molecule has 0 bridgehead atoms. The summed E-state index contributed by atoms with van der Waals surface area (Å²) < 4.78 is 0. The summed E-state index contributed by atoms with van der Waals surface area (Å²) in [5.74, 6) is -3.03. The largest absolute Gasteiger partial charge is 0.480 e. The van der Waals surface area contributed by atoms with Crippen molar-refractivity contribution in [2.75, 3.05) is 0 Å². The van der Waals surface area contributed by atoms with Crippen LogP contribution in [-0.2, 0) is 32.0 Å². The fourth-order valence-corrected chi connectivity index (χ4v) is 3.20. The number of carboxylic acid groups (broad SMARTS) is 2. The molecular weight excluding hydrogens is 412 g/mol. The smallest absolute Gasteiger partial charge is 0.326 e. The number of carbonyl (C=O) groups is 4. The SMILES string of the molecule is O=C(CCCCC(=O)N[C@H](Cc1ccccc1)C(=O)O)N[C@H](Cc1ccccc1)C(=O)O. The first-order chi connectivity index (χ1) is 15.3. The average molecular weight is 440 g/mol. The van der Waals surface area contributed by atoms with Crippen LogP contribution in [0.5, 0.6) is 0 Å². The maximum atomic E-state index is 12.1. The minimum Gasteiger partial charge on any atom is -0.480 e. The van der Waals surface area contributed by atoms with Crippen LogP contribution in [0.2, 0.25) is 0 Å². The Hall–Kier alpha value is -3.68. The van der Waals surface area contributed by atoms with Gasteiger partial charge >= 0.3 is 11.9 Å². The summed E-state index contributed by atoms with van der Waals surface area (Å²) >= 11 is 0. The molecule has 0 saturated heterocycles. The molecule has 0 saturated carbocycles. The monoisotopic (exact) mass is 440 g/mol. The van der Waals surface area contributed by atoms with Crippen molar-refractivity contribution in [1.29, 1.82) is 0 Å². The lowest BCUT2D eigenvalue weighted by atomic mass is 10.1. The Balaban J connectivity index is 1.71. The van der Waals surface area contributed by atoms with Gasteiger partial charge in [0.2, 0.25) is 11.8 Å². The van der Waals surface area contributed by atoms with Crippen molar-refractivity contribution in [3.05, 3.63) is 71.8 Å². The Morgan fingerprint density at radius 3 is 1.28 bits per heavy atom. The van der Waals surface area contributed by atoms with E-state index in [4.69, 9.17) is 0 Å². The lowest BCUT2D eigenvalue weighted by molar-refractivity contribution is -0.142. The third-order valence-corrected chi connectivity index (χ3v) is 4.89. The standard InChI is InChI=1S/C24H28N2O6/c27-21(25-19(23(29)30)15-17-9-3-1-4-10-17)13-7-8-14-22(28)26-20(24(31)32)16-18-11-5-2-6-12-18/h1-6,9-12,19-20H,7-8,13-16H2,(H,25,27)(H,26,28)(H,29,30)(H,31,32)/t19-,20-/m1/s1. The Morgan fingerprint density at radius 1 is 0.625 bits per heavy atom. The van der Waals surface area contributed by atoms with Crippen molar-refractivity contribution in [1.82, 2.24) is 10.6 Å². The number of hydrogen-bond acceptors (Lipinski definition) is 4. The number of unbranched alkanes of at least 4 members (excludes halogenated alkanes) is 1. The second-order valence-electron chi connectivity index (χ2n) is 7.50. The first-order valence-electron chi connectivity index (χ1n) is 10.5. The van der Waals surface area contributed by atoms with E-state index in [1.165, 1.54) is 0 Å². The second kappa shape index (κ2) is 12.9. The first kappa shape index (κ1) is 24.6. The molecule has 0 aliphatic rings. The van der Waals surface area contributed by atoms with Crippen molar-refractivity contribution in [2.24, 2.45) is 0 Å². The van der Waals surface area contributed by atoms with Gasteiger partial charge in [-0.2, -0.15) is 0 Å². The van der Waals surface area contributed by atoms with Crippen molar-refractivity contribution < 1.29 is 29.4 Å². The van der Waals surface area contributed by atoms with Crippen molar-refractivity contribution in [2.45, 2.75) is 50.6 Å². The third-order valence-electron chi connectivity index (χ3n) is 4.89. The summed E-state index contributed by atoms with van der Waals surface area (Å²) in [5.41, 5.74) is 1.61. The van der Waals surface area contributed by atoms with Crippen LogP contribution in [-0.4, -0.2) is 46.0 Å². The van der Waals surface area contributed by atoms with E-state index in [2.05, 4.69) is 10.6 Å². The van der Waals surface area contributed by atoms with Crippen molar-refractivity contribution >= 4 is 23.8 Å². The molecule has 2 atom stereocenters. The van der Waals surface area contributed by atoms with E-state index in [0.29, 0.717) is 12.8 Å². The number of hydrogen-bond donors (Lipinski definition) is 4. The van der Waals surface area contributed by atoms with Gasteiger partial charge in [0.25, 0.3) is 0 Å². The van der Waals surface area contributed by atoms with Gasteiger partial charge < -0.3 is 20.8 Å². The fraction of sp³-hybridized carbons (Fsp3) is 0.333. The number of carbonyl (C=O) groups excluding carboxylic acids is 2. The van der Waals surface area contributed by atoms with Crippen LogP contribution in [0, 0.1) is 0 Å². The minimum atomic E-state index is -1.11. The summed E-state index contributed by atoms with van der Waals surface area (Å²) in [6, 6.07) is 16.0. The number of carboxylic acids is 2. The highest BCUT2D eigenvalue weighted by atomic mass is 16.4. The zero-order valence-corrected chi connectivity index (χ0v) is 17.7. The molecule has 8 nitrogen and oxygen atoms in total. The molecule has 2 amide bonds. The maximum absolute atomic E-state index is 12.1. The van der Waals surface area contributed by atoms with Gasteiger partial charge in [0.15, 0.2) is 0 Å². The number of aliphatic carboxylic acids is 2. The van der Waals surface area contributed by atoms with Crippen LogP contribution < -0.4 is 10.6 Å². The Morgan fingerprint density at radius 2 is 0.969 bits per heavy atom. The fourth-order valence-electron chi connectivity index (χ4n) is 3.20. The molecule has 0 aliphatic heterocycles. The molecule has 2 aromatic carbocycles. The third kappa shape index (κ3) is 8.99. The van der Waals surface area contributed by atoms with Crippen LogP contribution >= 0.6 is 0 Å². The van der Waals surface area contributed by atoms with E-state index in [9.17, 15) is 29.4 Å². The van der Waals surface area contributed by atoms with Crippen LogP contribution in [0.3, 0.4) is 0 Å². The summed E-state index contributed by atoms with van der Waals surface area (Å²) in [5, 5.41) is 23.7. The van der Waals surface area contributed by atoms with E-state index in [1.807, 2.05) is 12.1 Å². The molecule has 0 spiro atoms. The summed E-state index contributed by atoms with van der Waals surface area (Å²) in [7, 11) is 0. The predicted octanol–water partition coefficient (Wildman–Crippen LogP) is 2.17. The first-order valence-corrected chi connectivity index (χ1v) is 10.5. The van der Waals surface area contributed by atoms with E-state index in [1.54, 1.807) is 48.5 Å². The summed E-state index contributed by atoms with van der Waals surface area (Å²) in [4.78, 5) is 47.1. The molecular formula is C24H28N2O6. The van der Waals surface area contributed by atoms with Crippen LogP contribution in [0.1, 0.15) is 36.8 Å². The van der Waals surface area contributed by atoms with Gasteiger partial charge in [-0.1, -0.05) is 60.7 Å². The summed E-state index contributed by atoms with van der Waals surface area (Å²) in [6.07, 6.45) is 1.29. The topological polar surface area (TPSA) is 133 Å². The molecule has 0 aromatic heterocycles. The molecule has 2 aromatic rings. The highest BCUT2D eigenvalue weighted by Crippen LogP contribution is 2.07. The van der Waals surface area contributed by atoms with E-state index in [0.717, 1.165) is 11.1 Å². The van der Waals surface area contributed by atoms with Crippen LogP contribution in [0.25, 0.3) is 0 Å². The molecule has 2 rings (SSSR count). The van der Waals surface area contributed by atoms with Gasteiger partial charge in [-0.25, -0.2) is 9.59 Å². The molecule has 32 heavy (non-hydrogen) atoms. The number of amides is 2. The summed E-state index contributed by atoms with van der Waals surface area (Å²) in [6.45, 7) is 0. The Labute approximate surface area is 186 Å². The molecule has 8 heteroatoms. The maximum Gasteiger partial charge on any atom is 0.326 e. The molecule has 0 fully saturated rings. The van der Waals surface area contributed by atoms with Gasteiger partial charge in [0.05, 0.1) is 0 Å². The second-order valence-corrected chi connectivity index (χ2v) is 7.50. The lowest BCUT2D eigenvalue weighted by Gasteiger charge is -2.15. The van der Waals surface area contributed by atoms with Crippen molar-refractivity contribution in [3.63, 3.8) is 0 Å². The molecule has 4 N–H and O–H groups in total. The number of rotatable bonds is 13. The van der Waals surface area contributed by atoms with E-state index in [-0.39, 0.29) is 25.7 Å². The van der Waals surface area contributed by atoms with E-state index < -0.39 is 35.8 Å². The number of benzene rings is 2. The molecule has 0 radical (unpaired) electrons.